The maximum absolute atomic E-state index is 9.28. The van der Waals surface area contributed by atoms with Crippen molar-refractivity contribution in [1.82, 2.24) is 0 Å². The highest BCUT2D eigenvalue weighted by Gasteiger charge is 2.10. The van der Waals surface area contributed by atoms with Crippen molar-refractivity contribution in [1.29, 1.82) is 5.26 Å². The number of halogens is 1. The summed E-state index contributed by atoms with van der Waals surface area (Å²) < 4.78 is 0. The van der Waals surface area contributed by atoms with Gasteiger partial charge in [0, 0.05) is 9.92 Å². The van der Waals surface area contributed by atoms with Gasteiger partial charge in [0.25, 0.3) is 0 Å². The standard InChI is InChI=1S/C16H14ClNS/c1-3-11-8-13(9-16(19-2)15(11)10-18)12-4-6-14(17)7-5-12/h4-9H,3H2,1-2H3. The molecule has 0 amide bonds. The van der Waals surface area contributed by atoms with E-state index in [9.17, 15) is 5.26 Å². The summed E-state index contributed by atoms with van der Waals surface area (Å²) in [7, 11) is 0. The molecule has 0 aromatic heterocycles. The molecule has 0 saturated carbocycles. The molecule has 2 rings (SSSR count). The summed E-state index contributed by atoms with van der Waals surface area (Å²) in [6, 6.07) is 14.3. The van der Waals surface area contributed by atoms with E-state index in [1.807, 2.05) is 30.5 Å². The van der Waals surface area contributed by atoms with E-state index in [2.05, 4.69) is 25.1 Å². The lowest BCUT2D eigenvalue weighted by Gasteiger charge is -2.10. The minimum atomic E-state index is 0.734. The third-order valence-electron chi connectivity index (χ3n) is 3.07. The van der Waals surface area contributed by atoms with Crippen LogP contribution in [0.2, 0.25) is 5.02 Å². The number of thioether (sulfide) groups is 1. The number of nitrogens with zero attached hydrogens (tertiary/aromatic N) is 1. The highest BCUT2D eigenvalue weighted by molar-refractivity contribution is 7.98. The first-order valence-corrected chi connectivity index (χ1v) is 7.66. The minimum Gasteiger partial charge on any atom is -0.192 e. The van der Waals surface area contributed by atoms with Gasteiger partial charge in [-0.25, -0.2) is 0 Å². The first-order chi connectivity index (χ1) is 9.19. The fourth-order valence-corrected chi connectivity index (χ4v) is 2.80. The van der Waals surface area contributed by atoms with Gasteiger partial charge in [-0.05, 0) is 53.6 Å². The van der Waals surface area contributed by atoms with Gasteiger partial charge < -0.3 is 0 Å². The quantitative estimate of drug-likeness (QED) is 0.728. The third kappa shape index (κ3) is 2.94. The van der Waals surface area contributed by atoms with Crippen molar-refractivity contribution in [2.45, 2.75) is 18.2 Å². The number of aryl methyl sites for hydroxylation is 1. The third-order valence-corrected chi connectivity index (χ3v) is 4.09. The van der Waals surface area contributed by atoms with Crippen LogP contribution in [0.25, 0.3) is 11.1 Å². The zero-order valence-corrected chi connectivity index (χ0v) is 12.5. The number of nitriles is 1. The summed E-state index contributed by atoms with van der Waals surface area (Å²) in [5.74, 6) is 0. The number of benzene rings is 2. The predicted molar refractivity (Wildman–Crippen MR) is 82.8 cm³/mol. The highest BCUT2D eigenvalue weighted by Crippen LogP contribution is 2.31. The lowest BCUT2D eigenvalue weighted by atomic mass is 9.98. The first kappa shape index (κ1) is 14.0. The van der Waals surface area contributed by atoms with Gasteiger partial charge in [-0.2, -0.15) is 5.26 Å². The van der Waals surface area contributed by atoms with Crippen molar-refractivity contribution in [2.75, 3.05) is 6.26 Å². The second-order valence-corrected chi connectivity index (χ2v) is 5.47. The molecule has 2 aromatic rings. The fourth-order valence-electron chi connectivity index (χ4n) is 2.05. The van der Waals surface area contributed by atoms with Crippen molar-refractivity contribution in [3.63, 3.8) is 0 Å². The van der Waals surface area contributed by atoms with Gasteiger partial charge in [-0.1, -0.05) is 30.7 Å². The second kappa shape index (κ2) is 6.14. The van der Waals surface area contributed by atoms with Crippen LogP contribution in [0.1, 0.15) is 18.1 Å². The van der Waals surface area contributed by atoms with E-state index < -0.39 is 0 Å². The summed E-state index contributed by atoms with van der Waals surface area (Å²) in [5.41, 5.74) is 4.16. The van der Waals surface area contributed by atoms with Crippen LogP contribution < -0.4 is 0 Å². The number of hydrogen-bond acceptors (Lipinski definition) is 2. The molecular formula is C16H14ClNS. The zero-order valence-electron chi connectivity index (χ0n) is 10.9. The van der Waals surface area contributed by atoms with Crippen LogP contribution in [0.5, 0.6) is 0 Å². The van der Waals surface area contributed by atoms with Gasteiger partial charge in [-0.3, -0.25) is 0 Å². The number of rotatable bonds is 3. The Morgan fingerprint density at radius 1 is 1.16 bits per heavy atom. The van der Waals surface area contributed by atoms with Crippen LogP contribution in [0, 0.1) is 11.3 Å². The van der Waals surface area contributed by atoms with Crippen LogP contribution >= 0.6 is 23.4 Å². The van der Waals surface area contributed by atoms with E-state index in [4.69, 9.17) is 11.6 Å². The van der Waals surface area contributed by atoms with Gasteiger partial charge in [0.2, 0.25) is 0 Å². The first-order valence-electron chi connectivity index (χ1n) is 6.06. The molecule has 0 N–H and O–H groups in total. The molecule has 0 aliphatic heterocycles. The molecule has 0 fully saturated rings. The van der Waals surface area contributed by atoms with Gasteiger partial charge in [0.05, 0.1) is 5.56 Å². The molecule has 0 aliphatic rings. The lowest BCUT2D eigenvalue weighted by molar-refractivity contribution is 1.11. The Balaban J connectivity index is 2.59. The van der Waals surface area contributed by atoms with Crippen molar-refractivity contribution < 1.29 is 0 Å². The maximum atomic E-state index is 9.28. The monoisotopic (exact) mass is 287 g/mol. The molecule has 3 heteroatoms. The predicted octanol–water partition coefficient (Wildman–Crippen LogP) is 5.16. The number of hydrogen-bond donors (Lipinski definition) is 0. The second-order valence-electron chi connectivity index (χ2n) is 4.18. The fraction of sp³-hybridized carbons (Fsp3) is 0.188. The normalized spacial score (nSPS) is 10.2. The molecule has 1 nitrogen and oxygen atoms in total. The van der Waals surface area contributed by atoms with Crippen molar-refractivity contribution in [3.05, 3.63) is 52.5 Å². The van der Waals surface area contributed by atoms with Crippen LogP contribution in [-0.2, 0) is 6.42 Å². The van der Waals surface area contributed by atoms with Crippen LogP contribution in [0.3, 0.4) is 0 Å². The Bertz CT molecular complexity index is 601. The topological polar surface area (TPSA) is 23.8 Å². The van der Waals surface area contributed by atoms with Crippen LogP contribution in [0.4, 0.5) is 0 Å². The molecule has 0 bridgehead atoms. The Labute approximate surface area is 123 Å². The molecule has 96 valence electrons. The Morgan fingerprint density at radius 2 is 1.84 bits per heavy atom. The zero-order chi connectivity index (χ0) is 13.8. The molecular weight excluding hydrogens is 274 g/mol. The lowest BCUT2D eigenvalue weighted by Crippen LogP contribution is -1.92. The summed E-state index contributed by atoms with van der Waals surface area (Å²) in [4.78, 5) is 1.03. The van der Waals surface area contributed by atoms with Crippen LogP contribution in [-0.4, -0.2) is 6.26 Å². The molecule has 0 unspecified atom stereocenters. The van der Waals surface area contributed by atoms with Crippen molar-refractivity contribution in [2.24, 2.45) is 0 Å². The average molecular weight is 288 g/mol. The summed E-state index contributed by atoms with van der Waals surface area (Å²) >= 11 is 7.53. The van der Waals surface area contributed by atoms with E-state index >= 15 is 0 Å². The molecule has 0 saturated heterocycles. The molecule has 2 aromatic carbocycles. The molecule has 19 heavy (non-hydrogen) atoms. The molecule has 0 radical (unpaired) electrons. The maximum Gasteiger partial charge on any atom is 0.101 e. The van der Waals surface area contributed by atoms with Gasteiger partial charge in [0.15, 0.2) is 0 Å². The van der Waals surface area contributed by atoms with Gasteiger partial charge >= 0.3 is 0 Å². The van der Waals surface area contributed by atoms with E-state index in [0.29, 0.717) is 0 Å². The van der Waals surface area contributed by atoms with Gasteiger partial charge in [0.1, 0.15) is 6.07 Å². The molecule has 0 heterocycles. The largest absolute Gasteiger partial charge is 0.192 e. The molecule has 0 atom stereocenters. The Hall–Kier alpha value is -1.43. The highest BCUT2D eigenvalue weighted by atomic mass is 35.5. The van der Waals surface area contributed by atoms with Crippen molar-refractivity contribution in [3.8, 4) is 17.2 Å². The van der Waals surface area contributed by atoms with E-state index in [1.54, 1.807) is 11.8 Å². The Kier molecular flexibility index (Phi) is 4.52. The SMILES string of the molecule is CCc1cc(-c2ccc(Cl)cc2)cc(SC)c1C#N. The van der Waals surface area contributed by atoms with Gasteiger partial charge in [-0.15, -0.1) is 11.8 Å². The summed E-state index contributed by atoms with van der Waals surface area (Å²) in [6.45, 7) is 2.08. The van der Waals surface area contributed by atoms with E-state index in [1.165, 1.54) is 0 Å². The smallest absolute Gasteiger partial charge is 0.101 e. The van der Waals surface area contributed by atoms with Crippen molar-refractivity contribution >= 4 is 23.4 Å². The average Bonchev–Trinajstić information content (AvgIpc) is 2.46. The van der Waals surface area contributed by atoms with E-state index in [-0.39, 0.29) is 0 Å². The Morgan fingerprint density at radius 3 is 2.37 bits per heavy atom. The minimum absolute atomic E-state index is 0.734. The summed E-state index contributed by atoms with van der Waals surface area (Å²) in [5, 5.41) is 10.0. The molecule has 0 aliphatic carbocycles. The summed E-state index contributed by atoms with van der Waals surface area (Å²) in [6.07, 6.45) is 2.86. The van der Waals surface area contributed by atoms with E-state index in [0.717, 1.165) is 38.6 Å². The van der Waals surface area contributed by atoms with Crippen LogP contribution in [0.15, 0.2) is 41.3 Å². The molecule has 0 spiro atoms.